The quantitative estimate of drug-likeness (QED) is 0.448. The van der Waals surface area contributed by atoms with Gasteiger partial charge in [0.1, 0.15) is 24.2 Å². The van der Waals surface area contributed by atoms with Gasteiger partial charge < -0.3 is 19.5 Å². The lowest BCUT2D eigenvalue weighted by Crippen LogP contribution is -2.47. The van der Waals surface area contributed by atoms with Crippen molar-refractivity contribution >= 4 is 23.8 Å². The number of rotatable bonds is 6. The predicted molar refractivity (Wildman–Crippen MR) is 122 cm³/mol. The number of ether oxygens (including phenoxy) is 3. The number of nitrogens with one attached hydrogen (secondary N) is 2. The molecule has 0 bridgehead atoms. The second kappa shape index (κ2) is 11.0. The summed E-state index contributed by atoms with van der Waals surface area (Å²) >= 11 is 0. The van der Waals surface area contributed by atoms with Crippen molar-refractivity contribution in [1.29, 1.82) is 0 Å². The number of aromatic nitrogens is 2. The Hall–Kier alpha value is -3.89. The first kappa shape index (κ1) is 25.7. The van der Waals surface area contributed by atoms with Gasteiger partial charge >= 0.3 is 17.9 Å². The van der Waals surface area contributed by atoms with E-state index in [2.05, 4.69) is 10.4 Å². The van der Waals surface area contributed by atoms with Crippen molar-refractivity contribution in [1.82, 2.24) is 15.1 Å². The molecule has 1 aliphatic heterocycles. The molecular formula is C24H29N3O8. The van der Waals surface area contributed by atoms with Crippen LogP contribution in [0.4, 0.5) is 0 Å². The molecule has 1 aliphatic rings. The van der Waals surface area contributed by atoms with Crippen LogP contribution in [0, 0.1) is 11.8 Å². The van der Waals surface area contributed by atoms with Gasteiger partial charge in [-0.05, 0) is 18.9 Å². The first-order valence-electron chi connectivity index (χ1n) is 11.2. The molecule has 0 spiro atoms. The number of hydrogen-bond donors (Lipinski definition) is 2. The molecule has 188 valence electrons. The number of hydrogen-bond acceptors (Lipinski definition) is 8. The van der Waals surface area contributed by atoms with Crippen LogP contribution in [0.1, 0.15) is 36.7 Å². The van der Waals surface area contributed by atoms with Crippen molar-refractivity contribution in [2.75, 3.05) is 6.61 Å². The Bertz CT molecular complexity index is 1140. The van der Waals surface area contributed by atoms with Crippen LogP contribution in [0.15, 0.2) is 41.3 Å². The van der Waals surface area contributed by atoms with Gasteiger partial charge in [-0.2, -0.15) is 0 Å². The summed E-state index contributed by atoms with van der Waals surface area (Å²) in [6, 6.07) is 7.72. The summed E-state index contributed by atoms with van der Waals surface area (Å²) in [5.74, 6) is -4.44. The number of esters is 3. The standard InChI is InChI=1S/C24H29N3O8/c1-13(2)22(30)35-19-14(3)34-24(32)18(25-20(28)17-11-27(4)26-21(17)29)12-33-23(31)16(19)10-15-8-6-5-7-9-15/h5-9,11,13-14,16,18-19H,10,12H2,1-4H3,(H,25,28)(H,26,29). The molecule has 0 radical (unpaired) electrons. The first-order valence-corrected chi connectivity index (χ1v) is 11.2. The summed E-state index contributed by atoms with van der Waals surface area (Å²) in [4.78, 5) is 62.9. The van der Waals surface area contributed by atoms with Crippen molar-refractivity contribution in [3.63, 3.8) is 0 Å². The number of amides is 1. The molecule has 2 N–H and O–H groups in total. The summed E-state index contributed by atoms with van der Waals surface area (Å²) in [7, 11) is 1.53. The average Bonchev–Trinajstić information content (AvgIpc) is 3.17. The fraction of sp³-hybridized carbons (Fsp3) is 0.458. The van der Waals surface area contributed by atoms with E-state index < -0.39 is 66.1 Å². The summed E-state index contributed by atoms with van der Waals surface area (Å²) in [5, 5.41) is 4.78. The van der Waals surface area contributed by atoms with Crippen molar-refractivity contribution < 1.29 is 33.4 Å². The van der Waals surface area contributed by atoms with Crippen LogP contribution in [0.25, 0.3) is 0 Å². The highest BCUT2D eigenvalue weighted by Crippen LogP contribution is 2.24. The van der Waals surface area contributed by atoms with E-state index in [0.29, 0.717) is 0 Å². The van der Waals surface area contributed by atoms with Crippen LogP contribution in [-0.4, -0.2) is 58.5 Å². The highest BCUT2D eigenvalue weighted by Gasteiger charge is 2.42. The van der Waals surface area contributed by atoms with Crippen LogP contribution in [-0.2, 0) is 42.1 Å². The minimum atomic E-state index is -1.37. The predicted octanol–water partition coefficient (Wildman–Crippen LogP) is 0.727. The Morgan fingerprint density at radius 3 is 2.46 bits per heavy atom. The number of nitrogens with zero attached hydrogens (tertiary/aromatic N) is 1. The monoisotopic (exact) mass is 487 g/mol. The van der Waals surface area contributed by atoms with E-state index in [-0.39, 0.29) is 12.0 Å². The zero-order chi connectivity index (χ0) is 25.7. The SMILES string of the molecule is CC(C)C(=O)OC1C(C)OC(=O)C(NC(=O)c2cn(C)[nH]c2=O)COC(=O)C1Cc1ccccc1. The van der Waals surface area contributed by atoms with Gasteiger partial charge in [0.05, 0.1) is 5.92 Å². The van der Waals surface area contributed by atoms with E-state index in [4.69, 9.17) is 14.2 Å². The fourth-order valence-electron chi connectivity index (χ4n) is 3.65. The van der Waals surface area contributed by atoms with E-state index in [0.717, 1.165) is 5.56 Å². The second-order valence-electron chi connectivity index (χ2n) is 8.75. The van der Waals surface area contributed by atoms with Crippen LogP contribution >= 0.6 is 0 Å². The van der Waals surface area contributed by atoms with Crippen LogP contribution in [0.5, 0.6) is 0 Å². The molecule has 2 aromatic rings. The van der Waals surface area contributed by atoms with Gasteiger partial charge in [-0.1, -0.05) is 44.2 Å². The molecule has 4 unspecified atom stereocenters. The molecule has 11 nitrogen and oxygen atoms in total. The Kier molecular flexibility index (Phi) is 8.10. The summed E-state index contributed by atoms with van der Waals surface area (Å²) in [5.41, 5.74) is -0.0633. The molecule has 1 fully saturated rings. The van der Waals surface area contributed by atoms with E-state index in [1.165, 1.54) is 24.9 Å². The maximum atomic E-state index is 13.1. The van der Waals surface area contributed by atoms with E-state index in [1.54, 1.807) is 13.8 Å². The number of aryl methyl sites for hydroxylation is 1. The summed E-state index contributed by atoms with van der Waals surface area (Å²) < 4.78 is 17.8. The smallest absolute Gasteiger partial charge is 0.332 e. The number of benzene rings is 1. The van der Waals surface area contributed by atoms with Crippen molar-refractivity contribution in [3.8, 4) is 0 Å². The normalized spacial score (nSPS) is 22.9. The lowest BCUT2D eigenvalue weighted by Gasteiger charge is -2.29. The fourth-order valence-corrected chi connectivity index (χ4v) is 3.65. The maximum absolute atomic E-state index is 13.1. The third kappa shape index (κ3) is 6.37. The van der Waals surface area contributed by atoms with Crippen LogP contribution < -0.4 is 10.9 Å². The Morgan fingerprint density at radius 1 is 1.17 bits per heavy atom. The van der Waals surface area contributed by atoms with E-state index >= 15 is 0 Å². The highest BCUT2D eigenvalue weighted by molar-refractivity contribution is 5.96. The zero-order valence-corrected chi connectivity index (χ0v) is 20.0. The Labute approximate surface area is 201 Å². The lowest BCUT2D eigenvalue weighted by molar-refractivity contribution is -0.176. The maximum Gasteiger partial charge on any atom is 0.332 e. The lowest BCUT2D eigenvalue weighted by atomic mass is 9.91. The molecule has 1 saturated heterocycles. The molecule has 35 heavy (non-hydrogen) atoms. The van der Waals surface area contributed by atoms with Gasteiger partial charge in [-0.25, -0.2) is 4.79 Å². The van der Waals surface area contributed by atoms with Gasteiger partial charge in [-0.15, -0.1) is 0 Å². The second-order valence-corrected chi connectivity index (χ2v) is 8.75. The number of carbonyl (C=O) groups excluding carboxylic acids is 4. The molecule has 1 aromatic carbocycles. The Balaban J connectivity index is 1.87. The summed E-state index contributed by atoms with van der Waals surface area (Å²) in [6.45, 7) is 4.29. The minimum absolute atomic E-state index is 0.175. The number of aromatic amines is 1. The van der Waals surface area contributed by atoms with E-state index in [9.17, 15) is 24.0 Å². The Morgan fingerprint density at radius 2 is 1.86 bits per heavy atom. The largest absolute Gasteiger partial charge is 0.463 e. The molecule has 0 saturated carbocycles. The van der Waals surface area contributed by atoms with Crippen molar-refractivity contribution in [2.24, 2.45) is 18.9 Å². The van der Waals surface area contributed by atoms with Gasteiger partial charge in [0.2, 0.25) is 0 Å². The van der Waals surface area contributed by atoms with Gasteiger partial charge in [0, 0.05) is 13.2 Å². The van der Waals surface area contributed by atoms with Crippen molar-refractivity contribution in [2.45, 2.75) is 45.4 Å². The molecule has 4 atom stereocenters. The van der Waals surface area contributed by atoms with E-state index in [1.807, 2.05) is 30.3 Å². The minimum Gasteiger partial charge on any atom is -0.463 e. The number of cyclic esters (lactones) is 2. The molecule has 11 heteroatoms. The van der Waals surface area contributed by atoms with Gasteiger partial charge in [-0.3, -0.25) is 29.0 Å². The molecular weight excluding hydrogens is 458 g/mol. The summed E-state index contributed by atoms with van der Waals surface area (Å²) in [6.07, 6.45) is -0.699. The molecule has 1 aromatic heterocycles. The average molecular weight is 488 g/mol. The highest BCUT2D eigenvalue weighted by atomic mass is 16.6. The molecule has 2 heterocycles. The van der Waals surface area contributed by atoms with Crippen LogP contribution in [0.3, 0.4) is 0 Å². The molecule has 3 rings (SSSR count). The molecule has 0 aliphatic carbocycles. The van der Waals surface area contributed by atoms with Gasteiger partial charge in [0.15, 0.2) is 12.1 Å². The number of carbonyl (C=O) groups is 4. The zero-order valence-electron chi connectivity index (χ0n) is 20.0. The number of H-pyrrole nitrogens is 1. The molecule has 1 amide bonds. The topological polar surface area (TPSA) is 146 Å². The third-order valence-corrected chi connectivity index (χ3v) is 5.56. The third-order valence-electron chi connectivity index (χ3n) is 5.56. The first-order chi connectivity index (χ1) is 16.6. The van der Waals surface area contributed by atoms with Crippen LogP contribution in [0.2, 0.25) is 0 Å². The van der Waals surface area contributed by atoms with Crippen molar-refractivity contribution in [3.05, 3.63) is 58.0 Å². The van der Waals surface area contributed by atoms with Gasteiger partial charge in [0.25, 0.3) is 11.5 Å².